The van der Waals surface area contributed by atoms with Crippen LogP contribution in [0.4, 0.5) is 0 Å². The fourth-order valence-electron chi connectivity index (χ4n) is 2.58. The average Bonchev–Trinajstić information content (AvgIpc) is 2.74. The van der Waals surface area contributed by atoms with Crippen molar-refractivity contribution < 1.29 is 0 Å². The Morgan fingerprint density at radius 3 is 2.50 bits per heavy atom. The predicted octanol–water partition coefficient (Wildman–Crippen LogP) is 4.23. The Balaban J connectivity index is 2.13. The van der Waals surface area contributed by atoms with E-state index < -0.39 is 0 Å². The van der Waals surface area contributed by atoms with Gasteiger partial charge in [-0.3, -0.25) is 0 Å². The largest absolute Gasteiger partial charge is 0.318 e. The molecule has 1 aromatic carbocycles. The molecule has 2 heteroatoms. The van der Waals surface area contributed by atoms with Crippen molar-refractivity contribution in [3.8, 4) is 5.69 Å². The van der Waals surface area contributed by atoms with Gasteiger partial charge in [-0.05, 0) is 50.1 Å². The molecule has 0 spiro atoms. The van der Waals surface area contributed by atoms with Crippen LogP contribution in [0.2, 0.25) is 0 Å². The van der Waals surface area contributed by atoms with Gasteiger partial charge >= 0.3 is 0 Å². The Kier molecular flexibility index (Phi) is 5.02. The summed E-state index contributed by atoms with van der Waals surface area (Å²) < 4.78 is 2.33. The Labute approximate surface area is 122 Å². The van der Waals surface area contributed by atoms with E-state index in [-0.39, 0.29) is 0 Å². The minimum atomic E-state index is 0.743. The highest BCUT2D eigenvalue weighted by atomic mass is 15.0. The Morgan fingerprint density at radius 1 is 1.15 bits per heavy atom. The molecule has 0 aliphatic heterocycles. The van der Waals surface area contributed by atoms with Crippen molar-refractivity contribution >= 4 is 0 Å². The van der Waals surface area contributed by atoms with Crippen molar-refractivity contribution in [3.63, 3.8) is 0 Å². The molecule has 0 amide bonds. The Hall–Kier alpha value is -1.54. The number of aryl methyl sites for hydroxylation is 1. The lowest BCUT2D eigenvalue weighted by Gasteiger charge is -2.11. The van der Waals surface area contributed by atoms with Crippen LogP contribution < -0.4 is 5.32 Å². The van der Waals surface area contributed by atoms with Crippen molar-refractivity contribution in [2.24, 2.45) is 5.92 Å². The number of nitrogens with one attached hydrogen (secondary N) is 1. The highest BCUT2D eigenvalue weighted by molar-refractivity contribution is 5.40. The third-order valence-corrected chi connectivity index (χ3v) is 4.06. The minimum Gasteiger partial charge on any atom is -0.318 e. The van der Waals surface area contributed by atoms with E-state index in [0.29, 0.717) is 0 Å². The van der Waals surface area contributed by atoms with Crippen LogP contribution in [-0.2, 0) is 6.54 Å². The van der Waals surface area contributed by atoms with Crippen LogP contribution in [0.5, 0.6) is 0 Å². The SMILES string of the molecule is CCC(C)CNCc1cc(C)n(-c2ccccc2)c1C. The highest BCUT2D eigenvalue weighted by Crippen LogP contribution is 2.20. The van der Waals surface area contributed by atoms with Crippen molar-refractivity contribution in [3.05, 3.63) is 53.3 Å². The summed E-state index contributed by atoms with van der Waals surface area (Å²) in [4.78, 5) is 0. The zero-order valence-electron chi connectivity index (χ0n) is 13.1. The zero-order valence-corrected chi connectivity index (χ0v) is 13.1. The number of hydrogen-bond donors (Lipinski definition) is 1. The number of para-hydroxylation sites is 1. The van der Waals surface area contributed by atoms with E-state index in [2.05, 4.69) is 74.0 Å². The quantitative estimate of drug-likeness (QED) is 0.831. The molecule has 0 bridgehead atoms. The lowest BCUT2D eigenvalue weighted by atomic mass is 10.1. The first-order valence-electron chi connectivity index (χ1n) is 7.57. The fourth-order valence-corrected chi connectivity index (χ4v) is 2.58. The van der Waals surface area contributed by atoms with Gasteiger partial charge in [0.25, 0.3) is 0 Å². The number of benzene rings is 1. The summed E-state index contributed by atoms with van der Waals surface area (Å²) >= 11 is 0. The minimum absolute atomic E-state index is 0.743. The molecule has 20 heavy (non-hydrogen) atoms. The van der Waals surface area contributed by atoms with E-state index in [1.165, 1.54) is 29.1 Å². The van der Waals surface area contributed by atoms with Crippen LogP contribution in [0.1, 0.15) is 37.2 Å². The monoisotopic (exact) mass is 270 g/mol. The molecule has 0 radical (unpaired) electrons. The molecule has 1 unspecified atom stereocenters. The second-order valence-corrected chi connectivity index (χ2v) is 5.71. The molecule has 108 valence electrons. The van der Waals surface area contributed by atoms with Crippen molar-refractivity contribution in [2.45, 2.75) is 40.7 Å². The molecular weight excluding hydrogens is 244 g/mol. The number of rotatable bonds is 6. The molecule has 0 aliphatic rings. The van der Waals surface area contributed by atoms with Gasteiger partial charge in [0.1, 0.15) is 0 Å². The standard InChI is InChI=1S/C18H26N2/c1-5-14(2)12-19-13-17-11-15(3)20(16(17)4)18-9-7-6-8-10-18/h6-11,14,19H,5,12-13H2,1-4H3. The van der Waals surface area contributed by atoms with Gasteiger partial charge in [-0.15, -0.1) is 0 Å². The van der Waals surface area contributed by atoms with Gasteiger partial charge in [-0.1, -0.05) is 38.5 Å². The van der Waals surface area contributed by atoms with Crippen LogP contribution >= 0.6 is 0 Å². The molecule has 1 aromatic heterocycles. The van der Waals surface area contributed by atoms with Gasteiger partial charge in [-0.2, -0.15) is 0 Å². The van der Waals surface area contributed by atoms with Gasteiger partial charge in [0.2, 0.25) is 0 Å². The number of aromatic nitrogens is 1. The summed E-state index contributed by atoms with van der Waals surface area (Å²) in [5.41, 5.74) is 5.28. The van der Waals surface area contributed by atoms with Crippen LogP contribution in [-0.4, -0.2) is 11.1 Å². The second kappa shape index (κ2) is 6.76. The maximum Gasteiger partial charge on any atom is 0.0455 e. The molecule has 1 N–H and O–H groups in total. The summed E-state index contributed by atoms with van der Waals surface area (Å²) in [5, 5.41) is 3.57. The topological polar surface area (TPSA) is 17.0 Å². The molecule has 1 heterocycles. The zero-order chi connectivity index (χ0) is 14.5. The third kappa shape index (κ3) is 3.31. The van der Waals surface area contributed by atoms with Crippen LogP contribution in [0.3, 0.4) is 0 Å². The van der Waals surface area contributed by atoms with Crippen LogP contribution in [0, 0.1) is 19.8 Å². The van der Waals surface area contributed by atoms with Gasteiger partial charge in [-0.25, -0.2) is 0 Å². The summed E-state index contributed by atoms with van der Waals surface area (Å²) in [7, 11) is 0. The first-order chi connectivity index (χ1) is 9.63. The van der Waals surface area contributed by atoms with E-state index in [0.717, 1.165) is 19.0 Å². The van der Waals surface area contributed by atoms with E-state index in [4.69, 9.17) is 0 Å². The first kappa shape index (κ1) is 14.9. The van der Waals surface area contributed by atoms with Crippen molar-refractivity contribution in [1.29, 1.82) is 0 Å². The molecule has 0 fully saturated rings. The molecular formula is C18H26N2. The van der Waals surface area contributed by atoms with Crippen molar-refractivity contribution in [2.75, 3.05) is 6.54 Å². The predicted molar refractivity (Wildman–Crippen MR) is 86.4 cm³/mol. The van der Waals surface area contributed by atoms with Crippen LogP contribution in [0.15, 0.2) is 36.4 Å². The second-order valence-electron chi connectivity index (χ2n) is 5.71. The van der Waals surface area contributed by atoms with Gasteiger partial charge in [0.05, 0.1) is 0 Å². The van der Waals surface area contributed by atoms with E-state index in [9.17, 15) is 0 Å². The Morgan fingerprint density at radius 2 is 1.85 bits per heavy atom. The third-order valence-electron chi connectivity index (χ3n) is 4.06. The van der Waals surface area contributed by atoms with E-state index in [1.54, 1.807) is 0 Å². The smallest absolute Gasteiger partial charge is 0.0455 e. The number of hydrogen-bond acceptors (Lipinski definition) is 1. The summed E-state index contributed by atoms with van der Waals surface area (Å²) in [5.74, 6) is 0.743. The molecule has 1 atom stereocenters. The summed E-state index contributed by atoms with van der Waals surface area (Å²) in [6.45, 7) is 11.0. The van der Waals surface area contributed by atoms with Gasteiger partial charge in [0.15, 0.2) is 0 Å². The normalized spacial score (nSPS) is 12.6. The molecule has 2 nitrogen and oxygen atoms in total. The lowest BCUT2D eigenvalue weighted by Crippen LogP contribution is -2.20. The van der Waals surface area contributed by atoms with Gasteiger partial charge in [0, 0.05) is 23.6 Å². The van der Waals surface area contributed by atoms with Crippen molar-refractivity contribution in [1.82, 2.24) is 9.88 Å². The molecule has 0 saturated carbocycles. The Bertz CT molecular complexity index is 540. The van der Waals surface area contributed by atoms with E-state index in [1.807, 2.05) is 0 Å². The van der Waals surface area contributed by atoms with Gasteiger partial charge < -0.3 is 9.88 Å². The lowest BCUT2D eigenvalue weighted by molar-refractivity contribution is 0.499. The molecule has 0 saturated heterocycles. The molecule has 0 aliphatic carbocycles. The fraction of sp³-hybridized carbons (Fsp3) is 0.444. The average molecular weight is 270 g/mol. The van der Waals surface area contributed by atoms with E-state index >= 15 is 0 Å². The maximum atomic E-state index is 3.57. The maximum absolute atomic E-state index is 3.57. The highest BCUT2D eigenvalue weighted by Gasteiger charge is 2.10. The molecule has 2 rings (SSSR count). The number of nitrogens with zero attached hydrogens (tertiary/aromatic N) is 1. The molecule has 2 aromatic rings. The summed E-state index contributed by atoms with van der Waals surface area (Å²) in [6, 6.07) is 12.9. The van der Waals surface area contributed by atoms with Crippen LogP contribution in [0.25, 0.3) is 5.69 Å². The first-order valence-corrected chi connectivity index (χ1v) is 7.57. The summed E-state index contributed by atoms with van der Waals surface area (Å²) in [6.07, 6.45) is 1.23.